The second-order valence-corrected chi connectivity index (χ2v) is 10.1. The summed E-state index contributed by atoms with van der Waals surface area (Å²) in [4.78, 5) is 10.5. The zero-order valence-electron chi connectivity index (χ0n) is 22.9. The van der Waals surface area contributed by atoms with Crippen LogP contribution < -0.4 is 18.1 Å². The number of primary amides is 1. The summed E-state index contributed by atoms with van der Waals surface area (Å²) in [6.45, 7) is 6.88. The van der Waals surface area contributed by atoms with Gasteiger partial charge in [0, 0.05) is 12.0 Å². The standard InChI is InChI=1S/C18H35NO.C12H20N.ClH/c1-2-3-4-5-6-7-8-9-10-11-12-13-14-15-16-17-18(19)20;1-4-10-13(2,3)11-12-8-6-5-7-9-12;/h9-10H,2-8,11-17H2,1H3,(H2,19,20);5-9H,4,10-11H2,1-3H3;1H/q;+1;/p-1/b10-9-;;. The average Bonchev–Trinajstić information content (AvgIpc) is 2.77. The van der Waals surface area contributed by atoms with Crippen molar-refractivity contribution in [2.75, 3.05) is 20.6 Å². The molecule has 0 aromatic heterocycles. The molecule has 1 aromatic rings. The quantitative estimate of drug-likeness (QED) is 0.160. The highest BCUT2D eigenvalue weighted by Gasteiger charge is 2.13. The third-order valence-corrected chi connectivity index (χ3v) is 5.97. The molecule has 0 unspecified atom stereocenters. The Morgan fingerprint density at radius 1 is 0.765 bits per heavy atom. The van der Waals surface area contributed by atoms with Crippen LogP contribution >= 0.6 is 0 Å². The van der Waals surface area contributed by atoms with Gasteiger partial charge in [-0.15, -0.1) is 0 Å². The van der Waals surface area contributed by atoms with Crippen LogP contribution in [0.1, 0.15) is 116 Å². The number of carbonyl (C=O) groups excluding carboxylic acids is 1. The van der Waals surface area contributed by atoms with Crippen LogP contribution in [0.5, 0.6) is 0 Å². The molecule has 0 aliphatic heterocycles. The number of unbranched alkanes of at least 4 members (excludes halogenated alkanes) is 11. The number of rotatable bonds is 19. The van der Waals surface area contributed by atoms with E-state index in [2.05, 4.69) is 70.4 Å². The smallest absolute Gasteiger partial charge is 0.217 e. The molecule has 198 valence electrons. The Kier molecular flexibility index (Phi) is 25.4. The Balaban J connectivity index is 0. The fraction of sp³-hybridized carbons (Fsp3) is 0.700. The van der Waals surface area contributed by atoms with E-state index in [4.69, 9.17) is 5.73 Å². The Morgan fingerprint density at radius 3 is 1.76 bits per heavy atom. The fourth-order valence-electron chi connectivity index (χ4n) is 4.13. The van der Waals surface area contributed by atoms with Gasteiger partial charge in [-0.3, -0.25) is 4.79 Å². The van der Waals surface area contributed by atoms with Crippen molar-refractivity contribution in [3.63, 3.8) is 0 Å². The number of benzene rings is 1. The molecule has 0 aliphatic rings. The van der Waals surface area contributed by atoms with Gasteiger partial charge >= 0.3 is 0 Å². The maximum atomic E-state index is 10.5. The van der Waals surface area contributed by atoms with E-state index in [0.717, 1.165) is 23.9 Å². The molecule has 0 heterocycles. The predicted molar refractivity (Wildman–Crippen MR) is 146 cm³/mol. The number of amides is 1. The van der Waals surface area contributed by atoms with Gasteiger partial charge in [-0.1, -0.05) is 108 Å². The number of quaternary nitrogens is 1. The van der Waals surface area contributed by atoms with Crippen molar-refractivity contribution < 1.29 is 21.7 Å². The zero-order chi connectivity index (χ0) is 24.6. The van der Waals surface area contributed by atoms with Crippen molar-refractivity contribution in [2.24, 2.45) is 5.73 Å². The van der Waals surface area contributed by atoms with Crippen LogP contribution in [0.3, 0.4) is 0 Å². The summed E-state index contributed by atoms with van der Waals surface area (Å²) in [5, 5.41) is 0. The van der Waals surface area contributed by atoms with Crippen LogP contribution in [0, 0.1) is 0 Å². The van der Waals surface area contributed by atoms with E-state index in [0.29, 0.717) is 6.42 Å². The first-order valence-electron chi connectivity index (χ1n) is 13.7. The molecule has 1 aromatic carbocycles. The summed E-state index contributed by atoms with van der Waals surface area (Å²) in [7, 11) is 4.58. The van der Waals surface area contributed by atoms with E-state index >= 15 is 0 Å². The van der Waals surface area contributed by atoms with Crippen LogP contribution in [0.4, 0.5) is 0 Å². The van der Waals surface area contributed by atoms with Gasteiger partial charge in [0.1, 0.15) is 6.54 Å². The van der Waals surface area contributed by atoms with E-state index in [1.807, 2.05) is 0 Å². The molecule has 0 fully saturated rings. The summed E-state index contributed by atoms with van der Waals surface area (Å²) in [5.74, 6) is -0.164. The molecule has 0 saturated heterocycles. The van der Waals surface area contributed by atoms with Crippen LogP contribution in [0.2, 0.25) is 0 Å². The molecular formula is C30H55ClN2O. The van der Waals surface area contributed by atoms with Crippen LogP contribution in [0.15, 0.2) is 42.5 Å². The molecule has 0 bridgehead atoms. The number of carbonyl (C=O) groups is 1. The Labute approximate surface area is 218 Å². The van der Waals surface area contributed by atoms with E-state index in [9.17, 15) is 4.79 Å². The molecule has 34 heavy (non-hydrogen) atoms. The largest absolute Gasteiger partial charge is 1.00 e. The van der Waals surface area contributed by atoms with E-state index in [1.165, 1.54) is 89.2 Å². The maximum Gasteiger partial charge on any atom is 0.217 e. The fourth-order valence-corrected chi connectivity index (χ4v) is 4.13. The maximum absolute atomic E-state index is 10.5. The van der Waals surface area contributed by atoms with Crippen molar-refractivity contribution in [2.45, 2.75) is 117 Å². The lowest BCUT2D eigenvalue weighted by Crippen LogP contribution is -3.00. The van der Waals surface area contributed by atoms with Crippen molar-refractivity contribution in [1.82, 2.24) is 0 Å². The van der Waals surface area contributed by atoms with E-state index in [1.54, 1.807) is 0 Å². The number of allylic oxidation sites excluding steroid dienone is 2. The molecule has 1 rings (SSSR count). The minimum Gasteiger partial charge on any atom is -1.00 e. The summed E-state index contributed by atoms with van der Waals surface area (Å²) in [5.41, 5.74) is 6.53. The monoisotopic (exact) mass is 494 g/mol. The second-order valence-electron chi connectivity index (χ2n) is 10.1. The van der Waals surface area contributed by atoms with Gasteiger partial charge in [0.15, 0.2) is 0 Å². The highest BCUT2D eigenvalue weighted by atomic mass is 35.5. The van der Waals surface area contributed by atoms with Gasteiger partial charge in [0.25, 0.3) is 0 Å². The number of nitrogens with two attached hydrogens (primary N) is 1. The summed E-state index contributed by atoms with van der Waals surface area (Å²) >= 11 is 0. The summed E-state index contributed by atoms with van der Waals surface area (Å²) in [6, 6.07) is 10.7. The van der Waals surface area contributed by atoms with Gasteiger partial charge in [0.05, 0.1) is 20.6 Å². The third-order valence-electron chi connectivity index (χ3n) is 5.97. The number of halogens is 1. The van der Waals surface area contributed by atoms with Crippen LogP contribution in [-0.4, -0.2) is 31.0 Å². The lowest BCUT2D eigenvalue weighted by molar-refractivity contribution is -0.903. The molecule has 3 nitrogen and oxygen atoms in total. The zero-order valence-corrected chi connectivity index (χ0v) is 23.6. The Bertz CT molecular complexity index is 587. The van der Waals surface area contributed by atoms with Gasteiger partial charge in [-0.05, 0) is 38.5 Å². The molecule has 2 N–H and O–H groups in total. The number of nitrogens with zero attached hydrogens (tertiary/aromatic N) is 1. The number of hydrogen-bond donors (Lipinski definition) is 1. The highest BCUT2D eigenvalue weighted by Crippen LogP contribution is 2.10. The molecular weight excluding hydrogens is 440 g/mol. The first-order chi connectivity index (χ1) is 15.9. The normalized spacial score (nSPS) is 11.1. The van der Waals surface area contributed by atoms with Crippen molar-refractivity contribution in [1.29, 1.82) is 0 Å². The first-order valence-corrected chi connectivity index (χ1v) is 13.7. The van der Waals surface area contributed by atoms with Gasteiger partial charge in [-0.25, -0.2) is 0 Å². The highest BCUT2D eigenvalue weighted by molar-refractivity contribution is 5.73. The molecule has 0 atom stereocenters. The van der Waals surface area contributed by atoms with E-state index in [-0.39, 0.29) is 18.3 Å². The first kappa shape index (κ1) is 34.8. The van der Waals surface area contributed by atoms with Crippen LogP contribution in [-0.2, 0) is 11.3 Å². The minimum atomic E-state index is -0.164. The lowest BCUT2D eigenvalue weighted by atomic mass is 10.1. The molecule has 0 saturated carbocycles. The number of hydrogen-bond acceptors (Lipinski definition) is 1. The predicted octanol–water partition coefficient (Wildman–Crippen LogP) is 5.19. The average molecular weight is 495 g/mol. The van der Waals surface area contributed by atoms with Gasteiger partial charge in [0.2, 0.25) is 5.91 Å². The molecule has 0 spiro atoms. The molecule has 4 heteroatoms. The van der Waals surface area contributed by atoms with Crippen molar-refractivity contribution >= 4 is 5.91 Å². The molecule has 0 aliphatic carbocycles. The third kappa shape index (κ3) is 25.3. The van der Waals surface area contributed by atoms with Gasteiger partial charge in [-0.2, -0.15) is 0 Å². The molecule has 1 amide bonds. The second kappa shape index (κ2) is 24.8. The van der Waals surface area contributed by atoms with Crippen molar-refractivity contribution in [3.8, 4) is 0 Å². The van der Waals surface area contributed by atoms with Gasteiger partial charge < -0.3 is 22.6 Å². The Morgan fingerprint density at radius 2 is 1.26 bits per heavy atom. The van der Waals surface area contributed by atoms with Crippen molar-refractivity contribution in [3.05, 3.63) is 48.0 Å². The van der Waals surface area contributed by atoms with Crippen LogP contribution in [0.25, 0.3) is 0 Å². The summed E-state index contributed by atoms with van der Waals surface area (Å²) in [6.07, 6.45) is 23.2. The summed E-state index contributed by atoms with van der Waals surface area (Å²) < 4.78 is 1.08. The lowest BCUT2D eigenvalue weighted by Gasteiger charge is -2.29. The topological polar surface area (TPSA) is 43.1 Å². The SMILES string of the molecule is CCCCCCCC/C=C\CCCCCCCC(N)=O.CCC[N+](C)(C)Cc1ccccc1.[Cl-]. The molecule has 0 radical (unpaired) electrons. The van der Waals surface area contributed by atoms with E-state index < -0.39 is 0 Å². The minimum absolute atomic E-state index is 0. The Hall–Kier alpha value is -1.32.